The fourth-order valence-electron chi connectivity index (χ4n) is 1.47. The van der Waals surface area contributed by atoms with Gasteiger partial charge < -0.3 is 0 Å². The maximum absolute atomic E-state index is 5.50. The van der Waals surface area contributed by atoms with E-state index in [1.54, 1.807) is 0 Å². The van der Waals surface area contributed by atoms with E-state index in [0.29, 0.717) is 6.04 Å². The Bertz CT molecular complexity index is 289. The Morgan fingerprint density at radius 1 is 1.40 bits per heavy atom. The predicted octanol–water partition coefficient (Wildman–Crippen LogP) is 2.72. The van der Waals surface area contributed by atoms with E-state index >= 15 is 0 Å². The van der Waals surface area contributed by atoms with Crippen LogP contribution in [0.4, 0.5) is 0 Å². The summed E-state index contributed by atoms with van der Waals surface area (Å²) in [6.45, 7) is 4.33. The number of benzene rings is 1. The van der Waals surface area contributed by atoms with Gasteiger partial charge in [0.1, 0.15) is 0 Å². The molecule has 1 atom stereocenters. The lowest BCUT2D eigenvalue weighted by Crippen LogP contribution is -2.36. The zero-order chi connectivity index (χ0) is 11.1. The van der Waals surface area contributed by atoms with Crippen molar-refractivity contribution in [1.29, 1.82) is 0 Å². The molecular weight excluding hydrogens is 204 g/mol. The van der Waals surface area contributed by atoms with Crippen molar-refractivity contribution >= 4 is 11.8 Å². The molecule has 0 radical (unpaired) electrons. The van der Waals surface area contributed by atoms with E-state index in [1.165, 1.54) is 16.9 Å². The molecule has 0 bridgehead atoms. The van der Waals surface area contributed by atoms with E-state index in [-0.39, 0.29) is 0 Å². The highest BCUT2D eigenvalue weighted by Gasteiger charge is 2.06. The van der Waals surface area contributed by atoms with Crippen LogP contribution in [0.15, 0.2) is 29.2 Å². The molecular formula is C12H20N2S. The molecule has 0 saturated carbocycles. The van der Waals surface area contributed by atoms with Crippen LogP contribution in [0.5, 0.6) is 0 Å². The Morgan fingerprint density at radius 3 is 2.73 bits per heavy atom. The van der Waals surface area contributed by atoms with Gasteiger partial charge in [0.25, 0.3) is 0 Å². The zero-order valence-corrected chi connectivity index (χ0v) is 10.3. The second-order valence-electron chi connectivity index (χ2n) is 3.73. The lowest BCUT2D eigenvalue weighted by atomic mass is 10.2. The molecule has 1 aromatic carbocycles. The van der Waals surface area contributed by atoms with Crippen molar-refractivity contribution in [3.8, 4) is 0 Å². The summed E-state index contributed by atoms with van der Waals surface area (Å²) in [4.78, 5) is 1.36. The summed E-state index contributed by atoms with van der Waals surface area (Å²) in [6.07, 6.45) is 2.30. The molecule has 3 N–H and O–H groups in total. The van der Waals surface area contributed by atoms with Gasteiger partial charge in [0.15, 0.2) is 0 Å². The number of rotatable bonds is 6. The smallest absolute Gasteiger partial charge is 0.0304 e. The van der Waals surface area contributed by atoms with Crippen molar-refractivity contribution in [3.63, 3.8) is 0 Å². The average molecular weight is 224 g/mol. The third-order valence-electron chi connectivity index (χ3n) is 2.41. The minimum absolute atomic E-state index is 0.416. The Hall–Kier alpha value is -0.510. The minimum atomic E-state index is 0.416. The van der Waals surface area contributed by atoms with Gasteiger partial charge in [0, 0.05) is 16.7 Å². The van der Waals surface area contributed by atoms with Gasteiger partial charge in [-0.1, -0.05) is 31.5 Å². The summed E-state index contributed by atoms with van der Waals surface area (Å²) >= 11 is 1.88. The summed E-state index contributed by atoms with van der Waals surface area (Å²) in [5, 5.41) is 0. The zero-order valence-electron chi connectivity index (χ0n) is 9.49. The van der Waals surface area contributed by atoms with Crippen LogP contribution in [0.25, 0.3) is 0 Å². The molecule has 0 heterocycles. The summed E-state index contributed by atoms with van der Waals surface area (Å²) in [5.41, 5.74) is 4.21. The minimum Gasteiger partial charge on any atom is -0.271 e. The molecule has 0 spiro atoms. The first kappa shape index (κ1) is 12.6. The molecule has 1 aromatic rings. The van der Waals surface area contributed by atoms with Crippen LogP contribution in [0.1, 0.15) is 25.3 Å². The van der Waals surface area contributed by atoms with E-state index in [4.69, 9.17) is 5.84 Å². The number of thioether (sulfide) groups is 1. The normalized spacial score (nSPS) is 12.7. The van der Waals surface area contributed by atoms with E-state index in [0.717, 1.165) is 12.2 Å². The molecule has 0 aliphatic carbocycles. The van der Waals surface area contributed by atoms with Crippen LogP contribution >= 0.6 is 11.8 Å². The monoisotopic (exact) mass is 224 g/mol. The molecule has 0 amide bonds. The molecule has 84 valence electrons. The van der Waals surface area contributed by atoms with Gasteiger partial charge in [-0.05, 0) is 25.0 Å². The highest BCUT2D eigenvalue weighted by atomic mass is 32.2. The second-order valence-corrected chi connectivity index (χ2v) is 4.79. The fourth-order valence-corrected chi connectivity index (χ4v) is 2.59. The molecule has 2 nitrogen and oxygen atoms in total. The molecule has 0 fully saturated rings. The number of nitrogens with one attached hydrogen (secondary N) is 1. The van der Waals surface area contributed by atoms with Gasteiger partial charge in [0.2, 0.25) is 0 Å². The topological polar surface area (TPSA) is 38.0 Å². The standard InChI is InChI=1S/C12H20N2S/c1-3-6-11(14-13)9-15-12-8-5-4-7-10(12)2/h4-5,7-8,11,14H,3,6,9,13H2,1-2H3. The second kappa shape index (κ2) is 6.88. The van der Waals surface area contributed by atoms with E-state index in [9.17, 15) is 0 Å². The number of hydrogen-bond acceptors (Lipinski definition) is 3. The Balaban J connectivity index is 2.45. The molecule has 0 aromatic heterocycles. The molecule has 0 saturated heterocycles. The van der Waals surface area contributed by atoms with Crippen molar-refractivity contribution in [1.82, 2.24) is 5.43 Å². The van der Waals surface area contributed by atoms with Crippen molar-refractivity contribution < 1.29 is 0 Å². The average Bonchev–Trinajstić information content (AvgIpc) is 2.26. The van der Waals surface area contributed by atoms with Crippen molar-refractivity contribution in [2.24, 2.45) is 5.84 Å². The van der Waals surface area contributed by atoms with Crippen LogP contribution in [0, 0.1) is 6.92 Å². The van der Waals surface area contributed by atoms with Gasteiger partial charge in [-0.15, -0.1) is 11.8 Å². The summed E-state index contributed by atoms with van der Waals surface area (Å²) in [6, 6.07) is 8.89. The van der Waals surface area contributed by atoms with Crippen LogP contribution in [0.2, 0.25) is 0 Å². The number of nitrogens with two attached hydrogens (primary N) is 1. The third-order valence-corrected chi connectivity index (χ3v) is 3.74. The third kappa shape index (κ3) is 4.24. The van der Waals surface area contributed by atoms with Crippen molar-refractivity contribution in [3.05, 3.63) is 29.8 Å². The number of hydrogen-bond donors (Lipinski definition) is 2. The number of aryl methyl sites for hydroxylation is 1. The van der Waals surface area contributed by atoms with Crippen molar-refractivity contribution in [2.75, 3.05) is 5.75 Å². The molecule has 3 heteroatoms. The van der Waals surface area contributed by atoms with Crippen molar-refractivity contribution in [2.45, 2.75) is 37.6 Å². The largest absolute Gasteiger partial charge is 0.271 e. The lowest BCUT2D eigenvalue weighted by molar-refractivity contribution is 0.532. The maximum atomic E-state index is 5.50. The quantitative estimate of drug-likeness (QED) is 0.443. The Labute approximate surface area is 96.6 Å². The Morgan fingerprint density at radius 2 is 2.13 bits per heavy atom. The maximum Gasteiger partial charge on any atom is 0.0304 e. The van der Waals surface area contributed by atoms with Gasteiger partial charge in [-0.25, -0.2) is 0 Å². The molecule has 0 aliphatic rings. The lowest BCUT2D eigenvalue weighted by Gasteiger charge is -2.14. The van der Waals surface area contributed by atoms with E-state index < -0.39 is 0 Å². The summed E-state index contributed by atoms with van der Waals surface area (Å²) in [7, 11) is 0. The highest BCUT2D eigenvalue weighted by molar-refractivity contribution is 7.99. The first-order valence-electron chi connectivity index (χ1n) is 5.42. The van der Waals surface area contributed by atoms with Crippen LogP contribution in [-0.2, 0) is 0 Å². The first-order chi connectivity index (χ1) is 7.27. The van der Waals surface area contributed by atoms with E-state index in [1.807, 2.05) is 11.8 Å². The number of hydrazine groups is 1. The highest BCUT2D eigenvalue weighted by Crippen LogP contribution is 2.22. The predicted molar refractivity (Wildman–Crippen MR) is 67.9 cm³/mol. The Kier molecular flexibility index (Phi) is 5.76. The molecule has 15 heavy (non-hydrogen) atoms. The molecule has 1 unspecified atom stereocenters. The van der Waals surface area contributed by atoms with Gasteiger partial charge >= 0.3 is 0 Å². The SMILES string of the molecule is CCCC(CSc1ccccc1C)NN. The molecule has 0 aliphatic heterocycles. The van der Waals surface area contributed by atoms with Crippen LogP contribution in [0.3, 0.4) is 0 Å². The first-order valence-corrected chi connectivity index (χ1v) is 6.41. The fraction of sp³-hybridized carbons (Fsp3) is 0.500. The summed E-state index contributed by atoms with van der Waals surface area (Å²) in [5.74, 6) is 6.53. The van der Waals surface area contributed by atoms with Gasteiger partial charge in [-0.3, -0.25) is 11.3 Å². The van der Waals surface area contributed by atoms with Crippen LogP contribution in [-0.4, -0.2) is 11.8 Å². The molecule has 1 rings (SSSR count). The van der Waals surface area contributed by atoms with E-state index in [2.05, 4.69) is 43.5 Å². The van der Waals surface area contributed by atoms with Gasteiger partial charge in [-0.2, -0.15) is 0 Å². The van der Waals surface area contributed by atoms with Gasteiger partial charge in [0.05, 0.1) is 0 Å². The van der Waals surface area contributed by atoms with Crippen LogP contribution < -0.4 is 11.3 Å². The summed E-state index contributed by atoms with van der Waals surface area (Å²) < 4.78 is 0.